The second kappa shape index (κ2) is 7.05. The zero-order chi connectivity index (χ0) is 13.7. The van der Waals surface area contributed by atoms with Crippen LogP contribution in [0.3, 0.4) is 0 Å². The van der Waals surface area contributed by atoms with Gasteiger partial charge in [0, 0.05) is 13.2 Å². The van der Waals surface area contributed by atoms with Crippen LogP contribution in [-0.2, 0) is 4.74 Å². The third kappa shape index (κ3) is 3.93. The summed E-state index contributed by atoms with van der Waals surface area (Å²) in [5.41, 5.74) is 5.11. The molecular weight excluding hydrogens is 238 g/mol. The molecule has 3 N–H and O–H groups in total. The van der Waals surface area contributed by atoms with Crippen LogP contribution in [0.2, 0.25) is 0 Å². The van der Waals surface area contributed by atoms with E-state index in [2.05, 4.69) is 6.92 Å². The van der Waals surface area contributed by atoms with Gasteiger partial charge in [0.05, 0.1) is 11.7 Å². The van der Waals surface area contributed by atoms with Crippen molar-refractivity contribution in [2.24, 2.45) is 17.6 Å². The quantitative estimate of drug-likeness (QED) is 0.779. The Hall–Kier alpha value is -0.120. The molecule has 0 bridgehead atoms. The van der Waals surface area contributed by atoms with E-state index in [0.717, 1.165) is 38.2 Å². The Morgan fingerprint density at radius 1 is 1.26 bits per heavy atom. The van der Waals surface area contributed by atoms with Crippen molar-refractivity contribution in [3.05, 3.63) is 0 Å². The lowest BCUT2D eigenvalue weighted by molar-refractivity contribution is -0.0275. The molecule has 0 saturated heterocycles. The fourth-order valence-electron chi connectivity index (χ4n) is 3.95. The number of aliphatic hydroxyl groups is 1. The first-order chi connectivity index (χ1) is 9.18. The Labute approximate surface area is 117 Å². The number of rotatable bonds is 6. The standard InChI is InChI=1S/C16H31NO2/c1-2-13-5-3-7-15(11-13)19-10-8-14-6-4-9-16(14,18)12-17/h13-15,18H,2-12,17H2,1H3. The van der Waals surface area contributed by atoms with Crippen LogP contribution in [0.5, 0.6) is 0 Å². The lowest BCUT2D eigenvalue weighted by atomic mass is 9.85. The SMILES string of the molecule is CCC1CCCC(OCCC2CCCC2(O)CN)C1. The van der Waals surface area contributed by atoms with Crippen LogP contribution in [0.1, 0.15) is 64.7 Å². The smallest absolute Gasteiger partial charge is 0.0798 e. The second-order valence-corrected chi connectivity index (χ2v) is 6.62. The molecule has 2 rings (SSSR count). The van der Waals surface area contributed by atoms with Gasteiger partial charge in [-0.25, -0.2) is 0 Å². The van der Waals surface area contributed by atoms with Crippen LogP contribution in [0.15, 0.2) is 0 Å². The summed E-state index contributed by atoms with van der Waals surface area (Å²) < 4.78 is 6.06. The third-order valence-corrected chi connectivity index (χ3v) is 5.41. The molecule has 0 aromatic rings. The number of nitrogens with two attached hydrogens (primary N) is 1. The molecule has 2 fully saturated rings. The molecule has 112 valence electrons. The van der Waals surface area contributed by atoms with Gasteiger partial charge in [0.1, 0.15) is 0 Å². The van der Waals surface area contributed by atoms with Crippen molar-refractivity contribution in [2.45, 2.75) is 76.4 Å². The molecule has 2 aliphatic carbocycles. The van der Waals surface area contributed by atoms with Crippen molar-refractivity contribution < 1.29 is 9.84 Å². The second-order valence-electron chi connectivity index (χ2n) is 6.62. The van der Waals surface area contributed by atoms with E-state index >= 15 is 0 Å². The Bertz CT molecular complexity index is 271. The van der Waals surface area contributed by atoms with E-state index in [1.165, 1.54) is 32.1 Å². The van der Waals surface area contributed by atoms with Crippen LogP contribution in [0.4, 0.5) is 0 Å². The van der Waals surface area contributed by atoms with Crippen LogP contribution >= 0.6 is 0 Å². The fourth-order valence-corrected chi connectivity index (χ4v) is 3.95. The Morgan fingerprint density at radius 3 is 2.84 bits per heavy atom. The van der Waals surface area contributed by atoms with E-state index < -0.39 is 5.60 Å². The van der Waals surface area contributed by atoms with E-state index in [1.54, 1.807) is 0 Å². The van der Waals surface area contributed by atoms with Gasteiger partial charge >= 0.3 is 0 Å². The normalized spacial score (nSPS) is 39.6. The summed E-state index contributed by atoms with van der Waals surface area (Å²) in [7, 11) is 0. The van der Waals surface area contributed by atoms with Crippen LogP contribution < -0.4 is 5.73 Å². The minimum absolute atomic E-state index is 0.350. The highest BCUT2D eigenvalue weighted by Gasteiger charge is 2.39. The summed E-state index contributed by atoms with van der Waals surface area (Å²) in [5.74, 6) is 1.22. The first kappa shape index (κ1) is 15.3. The summed E-state index contributed by atoms with van der Waals surface area (Å²) in [4.78, 5) is 0. The maximum absolute atomic E-state index is 10.4. The first-order valence-electron chi connectivity index (χ1n) is 8.22. The molecule has 2 saturated carbocycles. The molecule has 0 radical (unpaired) electrons. The largest absolute Gasteiger partial charge is 0.388 e. The minimum Gasteiger partial charge on any atom is -0.388 e. The van der Waals surface area contributed by atoms with E-state index in [1.807, 2.05) is 0 Å². The molecule has 19 heavy (non-hydrogen) atoms. The van der Waals surface area contributed by atoms with Gasteiger partial charge in [-0.3, -0.25) is 0 Å². The average Bonchev–Trinajstić information content (AvgIpc) is 2.81. The van der Waals surface area contributed by atoms with Crippen LogP contribution in [0, 0.1) is 11.8 Å². The van der Waals surface area contributed by atoms with Gasteiger partial charge < -0.3 is 15.6 Å². The predicted molar refractivity (Wildman–Crippen MR) is 78.0 cm³/mol. The predicted octanol–water partition coefficient (Wildman–Crippen LogP) is 2.85. The van der Waals surface area contributed by atoms with Gasteiger partial charge in [-0.05, 0) is 43.9 Å². The van der Waals surface area contributed by atoms with Crippen molar-refractivity contribution >= 4 is 0 Å². The van der Waals surface area contributed by atoms with Crippen molar-refractivity contribution in [3.8, 4) is 0 Å². The van der Waals surface area contributed by atoms with Crippen molar-refractivity contribution in [2.75, 3.05) is 13.2 Å². The summed E-state index contributed by atoms with van der Waals surface area (Å²) in [6.45, 7) is 3.49. The Kier molecular flexibility index (Phi) is 5.67. The molecule has 0 aromatic heterocycles. The van der Waals surface area contributed by atoms with Gasteiger partial charge in [0.25, 0.3) is 0 Å². The highest BCUT2D eigenvalue weighted by atomic mass is 16.5. The maximum Gasteiger partial charge on any atom is 0.0798 e. The molecule has 3 heteroatoms. The van der Waals surface area contributed by atoms with Crippen LogP contribution in [0.25, 0.3) is 0 Å². The molecule has 0 aliphatic heterocycles. The van der Waals surface area contributed by atoms with Crippen molar-refractivity contribution in [1.82, 2.24) is 0 Å². The van der Waals surface area contributed by atoms with E-state index in [0.29, 0.717) is 18.6 Å². The first-order valence-corrected chi connectivity index (χ1v) is 8.22. The highest BCUT2D eigenvalue weighted by Crippen LogP contribution is 2.37. The summed E-state index contributed by atoms with van der Waals surface area (Å²) in [5, 5.41) is 10.4. The maximum atomic E-state index is 10.4. The number of hydrogen-bond acceptors (Lipinski definition) is 3. The Balaban J connectivity index is 1.68. The van der Waals surface area contributed by atoms with Gasteiger partial charge in [0.15, 0.2) is 0 Å². The molecule has 4 atom stereocenters. The Morgan fingerprint density at radius 2 is 2.11 bits per heavy atom. The molecule has 3 nitrogen and oxygen atoms in total. The highest BCUT2D eigenvalue weighted by molar-refractivity contribution is 4.92. The summed E-state index contributed by atoms with van der Waals surface area (Å²) in [6.07, 6.45) is 11.0. The van der Waals surface area contributed by atoms with Gasteiger partial charge in [0.2, 0.25) is 0 Å². The lowest BCUT2D eigenvalue weighted by Gasteiger charge is -2.31. The van der Waals surface area contributed by atoms with Gasteiger partial charge in [-0.15, -0.1) is 0 Å². The number of hydrogen-bond donors (Lipinski definition) is 2. The third-order valence-electron chi connectivity index (χ3n) is 5.41. The van der Waals surface area contributed by atoms with Gasteiger partial charge in [-0.1, -0.05) is 32.6 Å². The van der Waals surface area contributed by atoms with E-state index in [-0.39, 0.29) is 0 Å². The van der Waals surface area contributed by atoms with Gasteiger partial charge in [-0.2, -0.15) is 0 Å². The van der Waals surface area contributed by atoms with Crippen molar-refractivity contribution in [1.29, 1.82) is 0 Å². The zero-order valence-corrected chi connectivity index (χ0v) is 12.4. The summed E-state index contributed by atoms with van der Waals surface area (Å²) in [6, 6.07) is 0. The molecular formula is C16H31NO2. The molecule has 2 aliphatic rings. The topological polar surface area (TPSA) is 55.5 Å². The molecule has 0 spiro atoms. The monoisotopic (exact) mass is 269 g/mol. The average molecular weight is 269 g/mol. The zero-order valence-electron chi connectivity index (χ0n) is 12.4. The summed E-state index contributed by atoms with van der Waals surface area (Å²) >= 11 is 0. The van der Waals surface area contributed by atoms with Crippen LogP contribution in [-0.4, -0.2) is 30.0 Å². The molecule has 0 aromatic carbocycles. The molecule has 4 unspecified atom stereocenters. The minimum atomic E-state index is -0.609. The van der Waals surface area contributed by atoms with E-state index in [9.17, 15) is 5.11 Å². The van der Waals surface area contributed by atoms with E-state index in [4.69, 9.17) is 10.5 Å². The van der Waals surface area contributed by atoms with Crippen molar-refractivity contribution in [3.63, 3.8) is 0 Å². The number of ether oxygens (including phenoxy) is 1. The molecule has 0 amide bonds. The molecule has 0 heterocycles. The lowest BCUT2D eigenvalue weighted by Crippen LogP contribution is -2.41. The fraction of sp³-hybridized carbons (Fsp3) is 1.00.